The summed E-state index contributed by atoms with van der Waals surface area (Å²) < 4.78 is 1.50. The van der Waals surface area contributed by atoms with Crippen molar-refractivity contribution in [1.29, 1.82) is 0 Å². The van der Waals surface area contributed by atoms with Crippen molar-refractivity contribution in [3.63, 3.8) is 0 Å². The smallest absolute Gasteiger partial charge is 0.260 e. The van der Waals surface area contributed by atoms with Crippen LogP contribution in [-0.2, 0) is 0 Å². The number of nitrogen functional groups attached to an aromatic ring is 1. The van der Waals surface area contributed by atoms with Gasteiger partial charge in [-0.1, -0.05) is 0 Å². The van der Waals surface area contributed by atoms with Gasteiger partial charge in [-0.3, -0.25) is 9.78 Å². The zero-order chi connectivity index (χ0) is 11.8. The standard InChI is InChI=1S/C11H9N5O/c12-7-2-3-9-8(6-7)10(17)15-11(14-9)16-5-1-4-13-16/h1-6H,12H2,(H,14,15,17). The number of benzene rings is 1. The molecule has 3 N–H and O–H groups in total. The van der Waals surface area contributed by atoms with Gasteiger partial charge in [-0.15, -0.1) is 0 Å². The van der Waals surface area contributed by atoms with Crippen LogP contribution in [0.1, 0.15) is 0 Å². The molecule has 0 aliphatic rings. The lowest BCUT2D eigenvalue weighted by molar-refractivity contribution is 0.810. The summed E-state index contributed by atoms with van der Waals surface area (Å²) in [6, 6.07) is 6.79. The fraction of sp³-hybridized carbons (Fsp3) is 0. The molecule has 84 valence electrons. The first-order chi connectivity index (χ1) is 8.24. The van der Waals surface area contributed by atoms with E-state index in [9.17, 15) is 4.79 Å². The zero-order valence-electron chi connectivity index (χ0n) is 8.79. The van der Waals surface area contributed by atoms with Gasteiger partial charge in [0.15, 0.2) is 0 Å². The van der Waals surface area contributed by atoms with Gasteiger partial charge in [0.25, 0.3) is 5.56 Å². The van der Waals surface area contributed by atoms with E-state index in [1.807, 2.05) is 0 Å². The largest absolute Gasteiger partial charge is 0.399 e. The molecule has 6 heteroatoms. The van der Waals surface area contributed by atoms with Crippen molar-refractivity contribution in [1.82, 2.24) is 19.7 Å². The van der Waals surface area contributed by atoms with E-state index in [-0.39, 0.29) is 5.56 Å². The Morgan fingerprint density at radius 3 is 3.00 bits per heavy atom. The van der Waals surface area contributed by atoms with Crippen molar-refractivity contribution in [2.75, 3.05) is 5.73 Å². The Morgan fingerprint density at radius 2 is 2.24 bits per heavy atom. The van der Waals surface area contributed by atoms with Crippen molar-refractivity contribution in [3.05, 3.63) is 47.0 Å². The summed E-state index contributed by atoms with van der Waals surface area (Å²) in [5, 5.41) is 4.48. The lowest BCUT2D eigenvalue weighted by Crippen LogP contribution is -2.13. The van der Waals surface area contributed by atoms with Crippen molar-refractivity contribution in [2.24, 2.45) is 0 Å². The van der Waals surface area contributed by atoms with Crippen molar-refractivity contribution in [2.45, 2.75) is 0 Å². The average molecular weight is 227 g/mol. The van der Waals surface area contributed by atoms with Gasteiger partial charge in [0.05, 0.1) is 10.9 Å². The third-order valence-electron chi connectivity index (χ3n) is 2.44. The van der Waals surface area contributed by atoms with Gasteiger partial charge in [-0.05, 0) is 24.3 Å². The number of hydrogen-bond acceptors (Lipinski definition) is 4. The first-order valence-electron chi connectivity index (χ1n) is 5.03. The maximum Gasteiger partial charge on any atom is 0.260 e. The minimum atomic E-state index is -0.229. The van der Waals surface area contributed by atoms with Crippen LogP contribution < -0.4 is 11.3 Å². The molecule has 0 saturated heterocycles. The molecule has 3 aromatic rings. The minimum absolute atomic E-state index is 0.229. The first kappa shape index (κ1) is 9.59. The molecule has 2 aromatic heterocycles. The van der Waals surface area contributed by atoms with Gasteiger partial charge in [0.2, 0.25) is 5.95 Å². The van der Waals surface area contributed by atoms with E-state index >= 15 is 0 Å². The molecule has 17 heavy (non-hydrogen) atoms. The van der Waals surface area contributed by atoms with E-state index in [0.29, 0.717) is 22.5 Å². The van der Waals surface area contributed by atoms with E-state index in [1.54, 1.807) is 36.7 Å². The highest BCUT2D eigenvalue weighted by Gasteiger charge is 2.05. The first-order valence-corrected chi connectivity index (χ1v) is 5.03. The number of aromatic nitrogens is 4. The number of nitrogens with one attached hydrogen (secondary N) is 1. The number of nitrogens with zero attached hydrogens (tertiary/aromatic N) is 3. The second kappa shape index (κ2) is 3.44. The number of hydrogen-bond donors (Lipinski definition) is 2. The highest BCUT2D eigenvalue weighted by atomic mass is 16.1. The van der Waals surface area contributed by atoms with Gasteiger partial charge in [-0.25, -0.2) is 9.67 Å². The average Bonchev–Trinajstić information content (AvgIpc) is 2.83. The molecule has 0 atom stereocenters. The van der Waals surface area contributed by atoms with Crippen LogP contribution in [0.4, 0.5) is 5.69 Å². The van der Waals surface area contributed by atoms with Crippen molar-refractivity contribution >= 4 is 16.6 Å². The van der Waals surface area contributed by atoms with Crippen LogP contribution in [0, 0.1) is 0 Å². The topological polar surface area (TPSA) is 89.6 Å². The van der Waals surface area contributed by atoms with Crippen LogP contribution in [0.3, 0.4) is 0 Å². The highest BCUT2D eigenvalue weighted by molar-refractivity contribution is 5.81. The molecule has 0 saturated carbocycles. The second-order valence-corrected chi connectivity index (χ2v) is 3.62. The number of aromatic amines is 1. The summed E-state index contributed by atoms with van der Waals surface area (Å²) in [6.45, 7) is 0. The maximum absolute atomic E-state index is 11.9. The van der Waals surface area contributed by atoms with Crippen LogP contribution in [0.2, 0.25) is 0 Å². The molecule has 0 unspecified atom stereocenters. The van der Waals surface area contributed by atoms with Gasteiger partial charge < -0.3 is 5.73 Å². The summed E-state index contributed by atoms with van der Waals surface area (Å²) in [5.74, 6) is 0.386. The molecule has 1 aromatic carbocycles. The van der Waals surface area contributed by atoms with E-state index in [4.69, 9.17) is 5.73 Å². The van der Waals surface area contributed by atoms with Crippen LogP contribution >= 0.6 is 0 Å². The molecule has 0 bridgehead atoms. The Hall–Kier alpha value is -2.63. The molecule has 0 spiro atoms. The third-order valence-corrected chi connectivity index (χ3v) is 2.44. The van der Waals surface area contributed by atoms with Gasteiger partial charge in [0.1, 0.15) is 0 Å². The quantitative estimate of drug-likeness (QED) is 0.598. The number of rotatable bonds is 1. The molecule has 0 aliphatic carbocycles. The van der Waals surface area contributed by atoms with E-state index in [2.05, 4.69) is 15.1 Å². The second-order valence-electron chi connectivity index (χ2n) is 3.62. The van der Waals surface area contributed by atoms with Crippen LogP contribution in [0.15, 0.2) is 41.5 Å². The van der Waals surface area contributed by atoms with Crippen LogP contribution in [-0.4, -0.2) is 19.7 Å². The number of nitrogens with two attached hydrogens (primary N) is 1. The SMILES string of the molecule is Nc1ccc2nc(-n3cccn3)[nH]c(=O)c2c1. The third kappa shape index (κ3) is 1.55. The van der Waals surface area contributed by atoms with Crippen LogP contribution in [0.5, 0.6) is 0 Å². The van der Waals surface area contributed by atoms with Gasteiger partial charge in [0, 0.05) is 18.1 Å². The molecular weight excluding hydrogens is 218 g/mol. The molecule has 0 amide bonds. The summed E-state index contributed by atoms with van der Waals surface area (Å²) >= 11 is 0. The van der Waals surface area contributed by atoms with E-state index in [1.165, 1.54) is 4.68 Å². The predicted octanol–water partition coefficient (Wildman–Crippen LogP) is 0.691. The molecule has 0 aliphatic heterocycles. The number of anilines is 1. The number of H-pyrrole nitrogens is 1. The molecule has 0 fully saturated rings. The molecule has 6 nitrogen and oxygen atoms in total. The number of fused-ring (bicyclic) bond motifs is 1. The molecular formula is C11H9N5O. The minimum Gasteiger partial charge on any atom is -0.399 e. The lowest BCUT2D eigenvalue weighted by Gasteiger charge is -2.02. The summed E-state index contributed by atoms with van der Waals surface area (Å²) in [7, 11) is 0. The maximum atomic E-state index is 11.9. The Balaban J connectivity index is 2.32. The summed E-state index contributed by atoms with van der Waals surface area (Å²) in [5.41, 5.74) is 6.53. The molecule has 0 radical (unpaired) electrons. The normalized spacial score (nSPS) is 10.8. The highest BCUT2D eigenvalue weighted by Crippen LogP contribution is 2.12. The van der Waals surface area contributed by atoms with Gasteiger partial charge in [-0.2, -0.15) is 5.10 Å². The Labute approximate surface area is 95.7 Å². The summed E-state index contributed by atoms with van der Waals surface area (Å²) in [6.07, 6.45) is 3.33. The van der Waals surface area contributed by atoms with Crippen LogP contribution in [0.25, 0.3) is 16.9 Å². The van der Waals surface area contributed by atoms with Crippen molar-refractivity contribution < 1.29 is 0 Å². The molecule has 2 heterocycles. The lowest BCUT2D eigenvalue weighted by atomic mass is 10.2. The van der Waals surface area contributed by atoms with E-state index < -0.39 is 0 Å². The van der Waals surface area contributed by atoms with Gasteiger partial charge >= 0.3 is 0 Å². The monoisotopic (exact) mass is 227 g/mol. The fourth-order valence-corrected chi connectivity index (χ4v) is 1.65. The Bertz CT molecular complexity index is 729. The Kier molecular flexibility index (Phi) is 1.94. The summed E-state index contributed by atoms with van der Waals surface area (Å²) in [4.78, 5) is 18.8. The van der Waals surface area contributed by atoms with Crippen molar-refractivity contribution in [3.8, 4) is 5.95 Å². The Morgan fingerprint density at radius 1 is 1.35 bits per heavy atom. The fourth-order valence-electron chi connectivity index (χ4n) is 1.65. The van der Waals surface area contributed by atoms with E-state index in [0.717, 1.165) is 0 Å². The predicted molar refractivity (Wildman–Crippen MR) is 63.9 cm³/mol. The molecule has 3 rings (SSSR count). The zero-order valence-corrected chi connectivity index (χ0v) is 8.79.